The Hall–Kier alpha value is -3.09. The van der Waals surface area contributed by atoms with Crippen LogP contribution in [0.4, 0.5) is 5.69 Å². The zero-order chi connectivity index (χ0) is 21.1. The van der Waals surface area contributed by atoms with Gasteiger partial charge in [0.1, 0.15) is 15.8 Å². The van der Waals surface area contributed by atoms with Gasteiger partial charge in [-0.15, -0.1) is 0 Å². The van der Waals surface area contributed by atoms with Crippen LogP contribution in [-0.2, 0) is 4.79 Å². The van der Waals surface area contributed by atoms with Crippen LogP contribution < -0.4 is 15.0 Å². The van der Waals surface area contributed by atoms with Crippen LogP contribution in [0, 0.1) is 0 Å². The summed E-state index contributed by atoms with van der Waals surface area (Å²) in [6, 6.07) is 24.0. The standard InChI is InChI=1S/C24H20N2O2S2/c1-26(2)19-12-10-16(11-13-19)17-8-9-18(15-22-23(27)25-24(29)30-22)21(14-17)28-20-6-4-3-5-7-20/h3-15H,1-2H3,(H,25,27,29). The normalized spacial score (nSPS) is 14.7. The fourth-order valence-electron chi connectivity index (χ4n) is 3.05. The number of ether oxygens (including phenoxy) is 1. The van der Waals surface area contributed by atoms with Gasteiger partial charge in [-0.2, -0.15) is 0 Å². The van der Waals surface area contributed by atoms with E-state index in [-0.39, 0.29) is 5.91 Å². The van der Waals surface area contributed by atoms with E-state index >= 15 is 0 Å². The van der Waals surface area contributed by atoms with E-state index in [1.807, 2.05) is 68.7 Å². The van der Waals surface area contributed by atoms with Gasteiger partial charge in [-0.25, -0.2) is 0 Å². The molecule has 3 aromatic carbocycles. The number of nitrogens with one attached hydrogen (secondary N) is 1. The predicted molar refractivity (Wildman–Crippen MR) is 129 cm³/mol. The van der Waals surface area contributed by atoms with Crippen LogP contribution in [0.2, 0.25) is 0 Å². The molecule has 1 heterocycles. The molecule has 1 aliphatic heterocycles. The number of carbonyl (C=O) groups excluding carboxylic acids is 1. The highest BCUT2D eigenvalue weighted by molar-refractivity contribution is 8.26. The maximum atomic E-state index is 12.1. The molecule has 0 atom stereocenters. The first-order chi connectivity index (χ1) is 14.5. The highest BCUT2D eigenvalue weighted by Crippen LogP contribution is 2.35. The van der Waals surface area contributed by atoms with Crippen LogP contribution in [-0.4, -0.2) is 24.3 Å². The summed E-state index contributed by atoms with van der Waals surface area (Å²) in [5.74, 6) is 1.23. The number of benzene rings is 3. The van der Waals surface area contributed by atoms with Crippen molar-refractivity contribution >= 4 is 46.0 Å². The Kier molecular flexibility index (Phi) is 5.88. The molecule has 30 heavy (non-hydrogen) atoms. The van der Waals surface area contributed by atoms with E-state index in [1.54, 1.807) is 0 Å². The molecule has 1 saturated heterocycles. The summed E-state index contributed by atoms with van der Waals surface area (Å²) in [6.45, 7) is 0. The highest BCUT2D eigenvalue weighted by Gasteiger charge is 2.22. The van der Waals surface area contributed by atoms with Crippen molar-refractivity contribution in [2.45, 2.75) is 0 Å². The molecule has 3 aromatic rings. The van der Waals surface area contributed by atoms with Crippen molar-refractivity contribution in [3.05, 3.63) is 83.3 Å². The number of hydrogen-bond acceptors (Lipinski definition) is 5. The van der Waals surface area contributed by atoms with Crippen molar-refractivity contribution < 1.29 is 9.53 Å². The minimum Gasteiger partial charge on any atom is -0.457 e. The predicted octanol–water partition coefficient (Wildman–Crippen LogP) is 5.70. The topological polar surface area (TPSA) is 41.6 Å². The summed E-state index contributed by atoms with van der Waals surface area (Å²) < 4.78 is 6.65. The van der Waals surface area contributed by atoms with E-state index in [1.165, 1.54) is 11.8 Å². The van der Waals surface area contributed by atoms with Gasteiger partial charge in [-0.05, 0) is 47.5 Å². The van der Waals surface area contributed by atoms with Gasteiger partial charge in [-0.3, -0.25) is 4.79 Å². The second-order valence-corrected chi connectivity index (χ2v) is 8.68. The summed E-state index contributed by atoms with van der Waals surface area (Å²) in [4.78, 5) is 14.7. The van der Waals surface area contributed by atoms with Crippen molar-refractivity contribution in [3.63, 3.8) is 0 Å². The van der Waals surface area contributed by atoms with Gasteiger partial charge in [-0.1, -0.05) is 66.4 Å². The van der Waals surface area contributed by atoms with E-state index in [4.69, 9.17) is 17.0 Å². The minimum atomic E-state index is -0.181. The second kappa shape index (κ2) is 8.73. The number of rotatable bonds is 5. The number of para-hydroxylation sites is 1. The molecule has 0 saturated carbocycles. The first kappa shape index (κ1) is 20.2. The molecule has 0 spiro atoms. The number of hydrogen-bond donors (Lipinski definition) is 1. The molecule has 0 unspecified atom stereocenters. The van der Waals surface area contributed by atoms with Crippen molar-refractivity contribution in [3.8, 4) is 22.6 Å². The maximum Gasteiger partial charge on any atom is 0.263 e. The van der Waals surface area contributed by atoms with E-state index in [9.17, 15) is 4.79 Å². The molecule has 4 nitrogen and oxygen atoms in total. The smallest absolute Gasteiger partial charge is 0.263 e. The van der Waals surface area contributed by atoms with Crippen molar-refractivity contribution in [1.82, 2.24) is 5.32 Å². The zero-order valence-electron chi connectivity index (χ0n) is 16.6. The SMILES string of the molecule is CN(C)c1ccc(-c2ccc(C=C3SC(=S)NC3=O)c(Oc3ccccc3)c2)cc1. The zero-order valence-corrected chi connectivity index (χ0v) is 18.2. The Morgan fingerprint density at radius 3 is 2.30 bits per heavy atom. The van der Waals surface area contributed by atoms with Gasteiger partial charge in [0.15, 0.2) is 0 Å². The molecule has 6 heteroatoms. The molecule has 4 rings (SSSR count). The van der Waals surface area contributed by atoms with Crippen LogP contribution in [0.15, 0.2) is 77.7 Å². The van der Waals surface area contributed by atoms with Gasteiger partial charge in [0, 0.05) is 25.3 Å². The van der Waals surface area contributed by atoms with Crippen molar-refractivity contribution in [1.29, 1.82) is 0 Å². The molecular formula is C24H20N2O2S2. The average molecular weight is 433 g/mol. The van der Waals surface area contributed by atoms with Crippen molar-refractivity contribution in [2.24, 2.45) is 0 Å². The average Bonchev–Trinajstić information content (AvgIpc) is 3.06. The molecule has 1 N–H and O–H groups in total. The van der Waals surface area contributed by atoms with Crippen LogP contribution in [0.1, 0.15) is 5.56 Å². The van der Waals surface area contributed by atoms with E-state index in [0.717, 1.165) is 28.1 Å². The lowest BCUT2D eigenvalue weighted by atomic mass is 10.0. The number of thiocarbonyl (C=S) groups is 1. The van der Waals surface area contributed by atoms with Gasteiger partial charge in [0.05, 0.1) is 4.91 Å². The third-order valence-corrected chi connectivity index (χ3v) is 5.79. The Morgan fingerprint density at radius 1 is 0.967 bits per heavy atom. The van der Waals surface area contributed by atoms with E-state index < -0.39 is 0 Å². The van der Waals surface area contributed by atoms with Crippen LogP contribution >= 0.6 is 24.0 Å². The number of thioether (sulfide) groups is 1. The number of anilines is 1. The van der Waals surface area contributed by atoms with Gasteiger partial charge < -0.3 is 15.0 Å². The Bertz CT molecular complexity index is 1120. The van der Waals surface area contributed by atoms with Crippen molar-refractivity contribution in [2.75, 3.05) is 19.0 Å². The third kappa shape index (κ3) is 4.56. The summed E-state index contributed by atoms with van der Waals surface area (Å²) in [7, 11) is 4.04. The second-order valence-electron chi connectivity index (χ2n) is 6.96. The molecule has 0 aliphatic carbocycles. The molecule has 0 radical (unpaired) electrons. The van der Waals surface area contributed by atoms with Gasteiger partial charge in [0.25, 0.3) is 5.91 Å². The largest absolute Gasteiger partial charge is 0.457 e. The summed E-state index contributed by atoms with van der Waals surface area (Å²) >= 11 is 6.36. The minimum absolute atomic E-state index is 0.181. The monoisotopic (exact) mass is 432 g/mol. The highest BCUT2D eigenvalue weighted by atomic mass is 32.2. The molecule has 150 valence electrons. The Balaban J connectivity index is 1.74. The van der Waals surface area contributed by atoms with Gasteiger partial charge >= 0.3 is 0 Å². The van der Waals surface area contributed by atoms with Crippen LogP contribution in [0.25, 0.3) is 17.2 Å². The number of nitrogens with zero attached hydrogens (tertiary/aromatic N) is 1. The lowest BCUT2D eigenvalue weighted by molar-refractivity contribution is -0.115. The molecule has 1 amide bonds. The first-order valence-corrected chi connectivity index (χ1v) is 10.6. The van der Waals surface area contributed by atoms with Crippen LogP contribution in [0.5, 0.6) is 11.5 Å². The summed E-state index contributed by atoms with van der Waals surface area (Å²) in [5.41, 5.74) is 4.08. The lowest BCUT2D eigenvalue weighted by Gasteiger charge is -2.14. The summed E-state index contributed by atoms with van der Waals surface area (Å²) in [6.07, 6.45) is 1.82. The Morgan fingerprint density at radius 2 is 1.67 bits per heavy atom. The number of carbonyl (C=O) groups is 1. The molecule has 0 bridgehead atoms. The Labute approximate surface area is 185 Å². The maximum absolute atomic E-state index is 12.1. The van der Waals surface area contributed by atoms with Crippen LogP contribution in [0.3, 0.4) is 0 Å². The quantitative estimate of drug-likeness (QED) is 0.414. The van der Waals surface area contributed by atoms with E-state index in [0.29, 0.717) is 15.0 Å². The molecule has 1 aliphatic rings. The lowest BCUT2D eigenvalue weighted by Crippen LogP contribution is -2.17. The number of amides is 1. The fraction of sp³-hybridized carbons (Fsp3) is 0.0833. The fourth-order valence-corrected chi connectivity index (χ4v) is 4.09. The third-order valence-electron chi connectivity index (χ3n) is 4.63. The summed E-state index contributed by atoms with van der Waals surface area (Å²) in [5, 5.41) is 2.65. The molecule has 1 fully saturated rings. The molecular weight excluding hydrogens is 412 g/mol. The van der Waals surface area contributed by atoms with E-state index in [2.05, 4.69) is 34.5 Å². The first-order valence-electron chi connectivity index (χ1n) is 9.39. The molecule has 0 aromatic heterocycles. The van der Waals surface area contributed by atoms with Gasteiger partial charge in [0.2, 0.25) is 0 Å².